The van der Waals surface area contributed by atoms with Gasteiger partial charge in [-0.1, -0.05) is 35.9 Å². The Morgan fingerprint density at radius 2 is 1.90 bits per heavy atom. The van der Waals surface area contributed by atoms with E-state index in [4.69, 9.17) is 11.6 Å². The molecule has 1 saturated carbocycles. The molecule has 0 radical (unpaired) electrons. The third-order valence-corrected chi connectivity index (χ3v) is 4.28. The molecular formula is C17H17ClFN. The lowest BCUT2D eigenvalue weighted by Gasteiger charge is -2.37. The van der Waals surface area contributed by atoms with Crippen LogP contribution in [0, 0.1) is 12.7 Å². The number of hydrogen-bond donors (Lipinski definition) is 1. The van der Waals surface area contributed by atoms with E-state index >= 15 is 0 Å². The van der Waals surface area contributed by atoms with Gasteiger partial charge >= 0.3 is 0 Å². The number of benzene rings is 2. The highest BCUT2D eigenvalue weighted by atomic mass is 35.5. The fourth-order valence-corrected chi connectivity index (χ4v) is 2.94. The Balaban J connectivity index is 1.64. The van der Waals surface area contributed by atoms with E-state index in [2.05, 4.69) is 12.2 Å². The summed E-state index contributed by atoms with van der Waals surface area (Å²) >= 11 is 6.02. The topological polar surface area (TPSA) is 12.0 Å². The van der Waals surface area contributed by atoms with Crippen LogP contribution in [-0.2, 0) is 0 Å². The van der Waals surface area contributed by atoms with Gasteiger partial charge in [-0.2, -0.15) is 0 Å². The molecule has 1 aliphatic rings. The first-order valence-corrected chi connectivity index (χ1v) is 7.28. The molecule has 0 aromatic heterocycles. The monoisotopic (exact) mass is 289 g/mol. The summed E-state index contributed by atoms with van der Waals surface area (Å²) in [5.74, 6) is 0.239. The minimum Gasteiger partial charge on any atom is -0.382 e. The maximum Gasteiger partial charge on any atom is 0.126 e. The summed E-state index contributed by atoms with van der Waals surface area (Å²) < 4.78 is 13.7. The summed E-state index contributed by atoms with van der Waals surface area (Å²) in [6.07, 6.45) is 1.93. The van der Waals surface area contributed by atoms with Gasteiger partial charge in [0, 0.05) is 16.8 Å². The Labute approximate surface area is 123 Å². The number of anilines is 1. The quantitative estimate of drug-likeness (QED) is 0.824. The maximum absolute atomic E-state index is 13.7. The third kappa shape index (κ3) is 2.66. The van der Waals surface area contributed by atoms with Crippen molar-refractivity contribution in [3.63, 3.8) is 0 Å². The summed E-state index contributed by atoms with van der Waals surface area (Å²) in [5.41, 5.74) is 3.10. The van der Waals surface area contributed by atoms with E-state index in [9.17, 15) is 4.39 Å². The van der Waals surface area contributed by atoms with E-state index in [0.717, 1.165) is 29.1 Å². The van der Waals surface area contributed by atoms with Gasteiger partial charge in [0.25, 0.3) is 0 Å². The fourth-order valence-electron chi connectivity index (χ4n) is 2.77. The van der Waals surface area contributed by atoms with Crippen molar-refractivity contribution in [3.05, 3.63) is 64.4 Å². The number of nitrogens with one attached hydrogen (secondary N) is 1. The molecule has 1 aliphatic carbocycles. The summed E-state index contributed by atoms with van der Waals surface area (Å²) in [6, 6.07) is 13.3. The molecule has 2 aromatic rings. The predicted octanol–water partition coefficient (Wildman–Crippen LogP) is 5.15. The summed E-state index contributed by atoms with van der Waals surface area (Å²) in [5, 5.41) is 4.24. The van der Waals surface area contributed by atoms with Gasteiger partial charge < -0.3 is 5.32 Å². The Morgan fingerprint density at radius 1 is 1.15 bits per heavy atom. The van der Waals surface area contributed by atoms with E-state index in [1.54, 1.807) is 6.07 Å². The normalized spacial score (nSPS) is 21.4. The van der Waals surface area contributed by atoms with Gasteiger partial charge in [-0.15, -0.1) is 0 Å². The number of aryl methyl sites for hydroxylation is 1. The summed E-state index contributed by atoms with van der Waals surface area (Å²) in [6.45, 7) is 2.06. The number of rotatable bonds is 3. The Bertz CT molecular complexity index is 620. The maximum atomic E-state index is 13.7. The zero-order valence-corrected chi connectivity index (χ0v) is 12.1. The Kier molecular flexibility index (Phi) is 3.66. The molecule has 1 fully saturated rings. The molecule has 2 aromatic carbocycles. The zero-order valence-electron chi connectivity index (χ0n) is 11.4. The molecule has 1 nitrogen and oxygen atoms in total. The second-order valence-electron chi connectivity index (χ2n) is 5.49. The highest BCUT2D eigenvalue weighted by Crippen LogP contribution is 2.40. The molecule has 0 heterocycles. The molecule has 0 amide bonds. The van der Waals surface area contributed by atoms with Crippen molar-refractivity contribution in [2.24, 2.45) is 0 Å². The largest absolute Gasteiger partial charge is 0.382 e. The highest BCUT2D eigenvalue weighted by molar-refractivity contribution is 6.30. The Morgan fingerprint density at radius 3 is 2.65 bits per heavy atom. The molecule has 104 valence electrons. The third-order valence-electron chi connectivity index (χ3n) is 4.04. The van der Waals surface area contributed by atoms with Gasteiger partial charge in [0.1, 0.15) is 5.82 Å². The lowest BCUT2D eigenvalue weighted by molar-refractivity contribution is 0.363. The lowest BCUT2D eigenvalue weighted by Crippen LogP contribution is -2.34. The van der Waals surface area contributed by atoms with E-state index in [1.807, 2.05) is 30.3 Å². The second kappa shape index (κ2) is 5.45. The van der Waals surface area contributed by atoms with Crippen molar-refractivity contribution in [1.82, 2.24) is 0 Å². The van der Waals surface area contributed by atoms with Gasteiger partial charge in [0.2, 0.25) is 0 Å². The minimum absolute atomic E-state index is 0.0881. The van der Waals surface area contributed by atoms with Crippen molar-refractivity contribution >= 4 is 17.3 Å². The van der Waals surface area contributed by atoms with Crippen LogP contribution >= 0.6 is 11.6 Å². The predicted molar refractivity (Wildman–Crippen MR) is 82.0 cm³/mol. The Hall–Kier alpha value is -1.54. The SMILES string of the molecule is Cc1ccc(Cl)cc1NC1CC(c2ccccc2F)C1. The number of hydrogen-bond acceptors (Lipinski definition) is 1. The van der Waals surface area contributed by atoms with Gasteiger partial charge in [0.05, 0.1) is 0 Å². The van der Waals surface area contributed by atoms with Crippen molar-refractivity contribution in [3.8, 4) is 0 Å². The minimum atomic E-state index is -0.0881. The smallest absolute Gasteiger partial charge is 0.126 e. The van der Waals surface area contributed by atoms with Crippen molar-refractivity contribution < 1.29 is 4.39 Å². The van der Waals surface area contributed by atoms with Crippen LogP contribution in [0.3, 0.4) is 0 Å². The summed E-state index contributed by atoms with van der Waals surface area (Å²) in [4.78, 5) is 0. The molecule has 0 bridgehead atoms. The van der Waals surface area contributed by atoms with Gasteiger partial charge in [-0.25, -0.2) is 4.39 Å². The number of halogens is 2. The van der Waals surface area contributed by atoms with Crippen LogP contribution in [0.2, 0.25) is 5.02 Å². The lowest BCUT2D eigenvalue weighted by atomic mass is 9.75. The van der Waals surface area contributed by atoms with Gasteiger partial charge in [-0.3, -0.25) is 0 Å². The van der Waals surface area contributed by atoms with Crippen LogP contribution in [0.5, 0.6) is 0 Å². The fraction of sp³-hybridized carbons (Fsp3) is 0.294. The van der Waals surface area contributed by atoms with Crippen LogP contribution in [0.1, 0.15) is 29.9 Å². The van der Waals surface area contributed by atoms with Crippen LogP contribution in [0.15, 0.2) is 42.5 Å². The van der Waals surface area contributed by atoms with E-state index < -0.39 is 0 Å². The molecule has 3 heteroatoms. The first kappa shape index (κ1) is 13.4. The van der Waals surface area contributed by atoms with Crippen LogP contribution in [0.4, 0.5) is 10.1 Å². The molecule has 1 N–H and O–H groups in total. The molecule has 0 saturated heterocycles. The van der Waals surface area contributed by atoms with Crippen LogP contribution in [-0.4, -0.2) is 6.04 Å². The van der Waals surface area contributed by atoms with Gasteiger partial charge in [-0.05, 0) is 55.0 Å². The van der Waals surface area contributed by atoms with E-state index in [1.165, 1.54) is 11.6 Å². The highest BCUT2D eigenvalue weighted by Gasteiger charge is 2.31. The molecule has 0 unspecified atom stereocenters. The van der Waals surface area contributed by atoms with Crippen LogP contribution < -0.4 is 5.32 Å². The molecule has 20 heavy (non-hydrogen) atoms. The molecule has 0 spiro atoms. The van der Waals surface area contributed by atoms with E-state index in [0.29, 0.717) is 12.0 Å². The van der Waals surface area contributed by atoms with E-state index in [-0.39, 0.29) is 5.82 Å². The molecule has 0 atom stereocenters. The first-order chi connectivity index (χ1) is 9.63. The molecule has 3 rings (SSSR count). The first-order valence-electron chi connectivity index (χ1n) is 6.90. The molecular weight excluding hydrogens is 273 g/mol. The second-order valence-corrected chi connectivity index (χ2v) is 5.93. The summed E-state index contributed by atoms with van der Waals surface area (Å²) in [7, 11) is 0. The van der Waals surface area contributed by atoms with Crippen LogP contribution in [0.25, 0.3) is 0 Å². The zero-order chi connectivity index (χ0) is 14.1. The van der Waals surface area contributed by atoms with Crippen molar-refractivity contribution in [2.45, 2.75) is 31.7 Å². The van der Waals surface area contributed by atoms with Gasteiger partial charge in [0.15, 0.2) is 0 Å². The van der Waals surface area contributed by atoms with Crippen molar-refractivity contribution in [1.29, 1.82) is 0 Å². The van der Waals surface area contributed by atoms with Crippen molar-refractivity contribution in [2.75, 3.05) is 5.32 Å². The average Bonchev–Trinajstić information content (AvgIpc) is 2.38. The standard InChI is InChI=1S/C17H17ClFN/c1-11-6-7-13(18)10-17(11)20-14-8-12(9-14)15-4-2-3-5-16(15)19/h2-7,10,12,14,20H,8-9H2,1H3. The average molecular weight is 290 g/mol. The molecule has 0 aliphatic heterocycles.